The topological polar surface area (TPSA) is 63.2 Å². The third kappa shape index (κ3) is 4.89. The molecule has 0 aliphatic heterocycles. The Balaban J connectivity index is 2.05. The quantitative estimate of drug-likeness (QED) is 0.823. The lowest BCUT2D eigenvalue weighted by molar-refractivity contribution is 0.260. The predicted octanol–water partition coefficient (Wildman–Crippen LogP) is 4.78. The lowest BCUT2D eigenvalue weighted by Crippen LogP contribution is -2.20. The lowest BCUT2D eigenvalue weighted by Gasteiger charge is -2.14. The predicted molar refractivity (Wildman–Crippen MR) is 91.3 cm³/mol. The highest BCUT2D eigenvalue weighted by Crippen LogP contribution is 2.27. The number of hydrogen-bond donors (Lipinski definition) is 2. The maximum Gasteiger partial charge on any atom is 0.325 e. The van der Waals surface area contributed by atoms with Crippen molar-refractivity contribution < 1.29 is 9.53 Å². The molecule has 0 fully saturated rings. The van der Waals surface area contributed by atoms with Gasteiger partial charge in [-0.25, -0.2) is 9.78 Å². The summed E-state index contributed by atoms with van der Waals surface area (Å²) in [7, 11) is 0. The number of rotatable bonds is 5. The molecule has 0 saturated carbocycles. The van der Waals surface area contributed by atoms with Gasteiger partial charge < -0.3 is 10.1 Å². The van der Waals surface area contributed by atoms with Crippen molar-refractivity contribution in [2.24, 2.45) is 5.92 Å². The number of halogens is 1. The fourth-order valence-electron chi connectivity index (χ4n) is 1.67. The first-order chi connectivity index (χ1) is 10.4. The number of aryl methyl sites for hydroxylation is 1. The van der Waals surface area contributed by atoms with Crippen molar-refractivity contribution >= 4 is 39.8 Å². The molecule has 2 rings (SSSR count). The summed E-state index contributed by atoms with van der Waals surface area (Å²) in [5.74, 6) is 1.06. The van der Waals surface area contributed by atoms with Crippen LogP contribution in [0.3, 0.4) is 0 Å². The molecule has 0 aliphatic rings. The molecule has 22 heavy (non-hydrogen) atoms. The standard InChI is InChI=1S/C15H18ClN3O2S/c1-9(2)8-21-12-6-10(3)4-5-11(12)18-14(20)19-15-17-7-13(16)22-15/h4-7,9H,8H2,1-3H3,(H2,17,18,19,20). The number of urea groups is 1. The number of ether oxygens (including phenoxy) is 1. The number of nitrogens with one attached hydrogen (secondary N) is 2. The summed E-state index contributed by atoms with van der Waals surface area (Å²) in [5.41, 5.74) is 1.68. The molecule has 0 saturated heterocycles. The average Bonchev–Trinajstić information content (AvgIpc) is 2.84. The Morgan fingerprint density at radius 1 is 1.41 bits per heavy atom. The van der Waals surface area contributed by atoms with Gasteiger partial charge in [0.25, 0.3) is 0 Å². The molecular weight excluding hydrogens is 322 g/mol. The third-order valence-corrected chi connectivity index (χ3v) is 3.69. The summed E-state index contributed by atoms with van der Waals surface area (Å²) >= 11 is 6.98. The van der Waals surface area contributed by atoms with Gasteiger partial charge in [0.05, 0.1) is 18.5 Å². The van der Waals surface area contributed by atoms with E-state index < -0.39 is 0 Å². The van der Waals surface area contributed by atoms with E-state index in [-0.39, 0.29) is 6.03 Å². The van der Waals surface area contributed by atoms with Crippen molar-refractivity contribution in [3.05, 3.63) is 34.3 Å². The minimum Gasteiger partial charge on any atom is -0.491 e. The van der Waals surface area contributed by atoms with Crippen LogP contribution in [-0.2, 0) is 0 Å². The van der Waals surface area contributed by atoms with E-state index in [0.717, 1.165) is 5.56 Å². The maximum absolute atomic E-state index is 12.0. The number of carbonyl (C=O) groups is 1. The van der Waals surface area contributed by atoms with Crippen LogP contribution < -0.4 is 15.4 Å². The Kier molecular flexibility index (Phi) is 5.63. The van der Waals surface area contributed by atoms with Gasteiger partial charge in [-0.1, -0.05) is 42.9 Å². The molecule has 0 atom stereocenters. The van der Waals surface area contributed by atoms with E-state index >= 15 is 0 Å². The SMILES string of the molecule is Cc1ccc(NC(=O)Nc2ncc(Cl)s2)c(OCC(C)C)c1. The number of anilines is 2. The Labute approximate surface area is 138 Å². The minimum atomic E-state index is -0.385. The molecule has 0 bridgehead atoms. The van der Waals surface area contributed by atoms with Gasteiger partial charge >= 0.3 is 6.03 Å². The molecule has 0 radical (unpaired) electrons. The summed E-state index contributed by atoms with van der Waals surface area (Å²) in [6.45, 7) is 6.70. The Bertz CT molecular complexity index is 658. The van der Waals surface area contributed by atoms with E-state index in [2.05, 4.69) is 29.5 Å². The monoisotopic (exact) mass is 339 g/mol. The van der Waals surface area contributed by atoms with Gasteiger partial charge in [0.2, 0.25) is 0 Å². The molecule has 1 heterocycles. The summed E-state index contributed by atoms with van der Waals surface area (Å²) in [4.78, 5) is 16.0. The van der Waals surface area contributed by atoms with E-state index in [1.54, 1.807) is 0 Å². The van der Waals surface area contributed by atoms with E-state index in [4.69, 9.17) is 16.3 Å². The van der Waals surface area contributed by atoms with Gasteiger partial charge in [0.15, 0.2) is 5.13 Å². The highest BCUT2D eigenvalue weighted by Gasteiger charge is 2.11. The molecule has 0 aliphatic carbocycles. The first-order valence-corrected chi connectivity index (χ1v) is 8.06. The number of aromatic nitrogens is 1. The lowest BCUT2D eigenvalue weighted by atomic mass is 10.2. The number of benzene rings is 1. The molecule has 0 spiro atoms. The highest BCUT2D eigenvalue weighted by atomic mass is 35.5. The van der Waals surface area contributed by atoms with Crippen LogP contribution >= 0.6 is 22.9 Å². The molecule has 1 aromatic carbocycles. The van der Waals surface area contributed by atoms with E-state index in [1.165, 1.54) is 17.5 Å². The number of thiazole rings is 1. The van der Waals surface area contributed by atoms with Gasteiger partial charge in [0, 0.05) is 0 Å². The number of nitrogens with zero attached hydrogens (tertiary/aromatic N) is 1. The maximum atomic E-state index is 12.0. The van der Waals surface area contributed by atoms with Crippen LogP contribution in [0.25, 0.3) is 0 Å². The zero-order valence-electron chi connectivity index (χ0n) is 12.6. The highest BCUT2D eigenvalue weighted by molar-refractivity contribution is 7.19. The van der Waals surface area contributed by atoms with Gasteiger partial charge in [-0.3, -0.25) is 5.32 Å². The second kappa shape index (κ2) is 7.47. The third-order valence-electron chi connectivity index (χ3n) is 2.66. The van der Waals surface area contributed by atoms with Gasteiger partial charge in [0.1, 0.15) is 10.1 Å². The Morgan fingerprint density at radius 2 is 2.18 bits per heavy atom. The number of hydrogen-bond acceptors (Lipinski definition) is 4. The smallest absolute Gasteiger partial charge is 0.325 e. The molecular formula is C15H18ClN3O2S. The van der Waals surface area contributed by atoms with Crippen LogP contribution in [0.4, 0.5) is 15.6 Å². The molecule has 2 amide bonds. The number of carbonyl (C=O) groups excluding carboxylic acids is 1. The normalized spacial score (nSPS) is 10.6. The molecule has 2 N–H and O–H groups in total. The first kappa shape index (κ1) is 16.6. The molecule has 2 aromatic rings. The molecule has 5 nitrogen and oxygen atoms in total. The van der Waals surface area contributed by atoms with Crippen molar-refractivity contribution in [3.63, 3.8) is 0 Å². The van der Waals surface area contributed by atoms with Crippen LogP contribution in [0.5, 0.6) is 5.75 Å². The molecule has 7 heteroatoms. The molecule has 118 valence electrons. The largest absolute Gasteiger partial charge is 0.491 e. The van der Waals surface area contributed by atoms with Crippen molar-refractivity contribution in [3.8, 4) is 5.75 Å². The van der Waals surface area contributed by atoms with Crippen molar-refractivity contribution in [1.82, 2.24) is 4.98 Å². The Hall–Kier alpha value is -1.79. The fourth-order valence-corrected chi connectivity index (χ4v) is 2.48. The van der Waals surface area contributed by atoms with Gasteiger partial charge in [-0.2, -0.15) is 0 Å². The van der Waals surface area contributed by atoms with E-state index in [1.807, 2.05) is 25.1 Å². The van der Waals surface area contributed by atoms with Gasteiger partial charge in [-0.05, 0) is 30.5 Å². The summed E-state index contributed by atoms with van der Waals surface area (Å²) in [6.07, 6.45) is 1.49. The van der Waals surface area contributed by atoms with E-state index in [9.17, 15) is 4.79 Å². The second-order valence-electron chi connectivity index (χ2n) is 5.25. The average molecular weight is 340 g/mol. The zero-order chi connectivity index (χ0) is 16.1. The van der Waals surface area contributed by atoms with Crippen molar-refractivity contribution in [2.75, 3.05) is 17.2 Å². The van der Waals surface area contributed by atoms with Gasteiger partial charge in [-0.15, -0.1) is 0 Å². The summed E-state index contributed by atoms with van der Waals surface area (Å²) < 4.78 is 6.28. The van der Waals surface area contributed by atoms with Crippen LogP contribution in [-0.4, -0.2) is 17.6 Å². The van der Waals surface area contributed by atoms with Crippen LogP contribution in [0, 0.1) is 12.8 Å². The van der Waals surface area contributed by atoms with Crippen LogP contribution in [0.1, 0.15) is 19.4 Å². The minimum absolute atomic E-state index is 0.385. The van der Waals surface area contributed by atoms with Crippen LogP contribution in [0.15, 0.2) is 24.4 Å². The molecule has 0 unspecified atom stereocenters. The van der Waals surface area contributed by atoms with Crippen LogP contribution in [0.2, 0.25) is 4.34 Å². The Morgan fingerprint density at radius 3 is 2.82 bits per heavy atom. The van der Waals surface area contributed by atoms with E-state index in [0.29, 0.717) is 33.4 Å². The fraction of sp³-hybridized carbons (Fsp3) is 0.333. The summed E-state index contributed by atoms with van der Waals surface area (Å²) in [6, 6.07) is 5.25. The van der Waals surface area contributed by atoms with Crippen molar-refractivity contribution in [2.45, 2.75) is 20.8 Å². The van der Waals surface area contributed by atoms with Crippen molar-refractivity contribution in [1.29, 1.82) is 0 Å². The molecule has 1 aromatic heterocycles. The number of amides is 2. The zero-order valence-corrected chi connectivity index (χ0v) is 14.2. The first-order valence-electron chi connectivity index (χ1n) is 6.87. The second-order valence-corrected chi connectivity index (χ2v) is 6.92. The summed E-state index contributed by atoms with van der Waals surface area (Å²) in [5, 5.41) is 5.85.